The minimum absolute atomic E-state index is 0.161. The Hall–Kier alpha value is -2.83. The number of nitrogens with zero attached hydrogens (tertiary/aromatic N) is 3. The molecule has 2 amide bonds. The Morgan fingerprint density at radius 3 is 2.64 bits per heavy atom. The average Bonchev–Trinajstić information content (AvgIpc) is 2.96. The third kappa shape index (κ3) is 3.81. The van der Waals surface area contributed by atoms with Gasteiger partial charge in [0.2, 0.25) is 0 Å². The number of carboxylic acids is 1. The molecule has 0 saturated carbocycles. The molecule has 0 radical (unpaired) electrons. The Labute approximate surface area is 146 Å². The van der Waals surface area contributed by atoms with Crippen molar-refractivity contribution in [2.24, 2.45) is 11.8 Å². The summed E-state index contributed by atoms with van der Waals surface area (Å²) in [4.78, 5) is 25.4. The van der Waals surface area contributed by atoms with Crippen LogP contribution in [0.5, 0.6) is 0 Å². The monoisotopic (exact) mass is 342 g/mol. The number of urea groups is 1. The first-order valence-electron chi connectivity index (χ1n) is 8.34. The van der Waals surface area contributed by atoms with E-state index in [0.29, 0.717) is 24.3 Å². The van der Waals surface area contributed by atoms with Gasteiger partial charge in [0.25, 0.3) is 0 Å². The fraction of sp³-hybridized carbons (Fsp3) is 0.389. The van der Waals surface area contributed by atoms with E-state index in [1.54, 1.807) is 15.8 Å². The highest BCUT2D eigenvalue weighted by molar-refractivity contribution is 5.90. The van der Waals surface area contributed by atoms with Crippen LogP contribution < -0.4 is 5.32 Å². The molecule has 25 heavy (non-hydrogen) atoms. The lowest BCUT2D eigenvalue weighted by atomic mass is 9.91. The molecule has 2 heterocycles. The highest BCUT2D eigenvalue weighted by atomic mass is 16.4. The predicted octanol–water partition coefficient (Wildman–Crippen LogP) is 2.76. The number of aromatic nitrogens is 2. The second-order valence-electron chi connectivity index (χ2n) is 6.62. The van der Waals surface area contributed by atoms with Crippen LogP contribution in [0.2, 0.25) is 0 Å². The Morgan fingerprint density at radius 1 is 1.24 bits per heavy atom. The van der Waals surface area contributed by atoms with E-state index in [9.17, 15) is 14.7 Å². The number of aliphatic carboxylic acids is 1. The van der Waals surface area contributed by atoms with Crippen molar-refractivity contribution in [1.82, 2.24) is 14.7 Å². The van der Waals surface area contributed by atoms with E-state index in [-0.39, 0.29) is 18.5 Å². The molecule has 0 aliphatic carbocycles. The third-order valence-corrected chi connectivity index (χ3v) is 4.46. The average molecular weight is 342 g/mol. The SMILES string of the molecule is Cc1nn(-c2ccccc2)cc1NC(=O)N1CC(C)CC(C(=O)O)C1. The van der Waals surface area contributed by atoms with Crippen molar-refractivity contribution < 1.29 is 14.7 Å². The molecule has 7 nitrogen and oxygen atoms in total. The molecular weight excluding hydrogens is 320 g/mol. The van der Waals surface area contributed by atoms with Crippen LogP contribution in [-0.4, -0.2) is 44.9 Å². The standard InChI is InChI=1S/C18H22N4O3/c1-12-8-14(17(23)24)10-21(9-12)18(25)19-16-11-22(20-13(16)2)15-6-4-3-5-7-15/h3-7,11-12,14H,8-10H2,1-2H3,(H,19,25)(H,23,24). The molecule has 0 spiro atoms. The maximum atomic E-state index is 12.6. The van der Waals surface area contributed by atoms with Crippen LogP contribution in [0.25, 0.3) is 5.69 Å². The smallest absolute Gasteiger partial charge is 0.321 e. The van der Waals surface area contributed by atoms with Crippen LogP contribution in [0.4, 0.5) is 10.5 Å². The number of carboxylic acid groups (broad SMARTS) is 1. The fourth-order valence-electron chi connectivity index (χ4n) is 3.19. The molecule has 1 aromatic heterocycles. The summed E-state index contributed by atoms with van der Waals surface area (Å²) in [5, 5.41) is 16.5. The highest BCUT2D eigenvalue weighted by Crippen LogP contribution is 2.23. The molecule has 1 saturated heterocycles. The number of amides is 2. The number of rotatable bonds is 3. The van der Waals surface area contributed by atoms with Gasteiger partial charge in [0.15, 0.2) is 0 Å². The van der Waals surface area contributed by atoms with Crippen molar-refractivity contribution >= 4 is 17.7 Å². The molecule has 2 atom stereocenters. The molecule has 2 unspecified atom stereocenters. The van der Waals surface area contributed by atoms with E-state index in [1.165, 1.54) is 0 Å². The van der Waals surface area contributed by atoms with Crippen molar-refractivity contribution in [3.05, 3.63) is 42.2 Å². The predicted molar refractivity (Wildman–Crippen MR) is 93.8 cm³/mol. The van der Waals surface area contributed by atoms with E-state index >= 15 is 0 Å². The van der Waals surface area contributed by atoms with Crippen molar-refractivity contribution in [1.29, 1.82) is 0 Å². The van der Waals surface area contributed by atoms with Gasteiger partial charge in [-0.3, -0.25) is 4.79 Å². The molecule has 2 aromatic rings. The molecule has 2 N–H and O–H groups in total. The van der Waals surface area contributed by atoms with Crippen LogP contribution in [0, 0.1) is 18.8 Å². The van der Waals surface area contributed by atoms with Gasteiger partial charge in [-0.15, -0.1) is 0 Å². The zero-order valence-electron chi connectivity index (χ0n) is 14.3. The lowest BCUT2D eigenvalue weighted by Crippen LogP contribution is -2.47. The molecule has 3 rings (SSSR count). The molecule has 0 bridgehead atoms. The van der Waals surface area contributed by atoms with Crippen molar-refractivity contribution in [2.45, 2.75) is 20.3 Å². The van der Waals surface area contributed by atoms with Gasteiger partial charge in [0, 0.05) is 13.1 Å². The Balaban J connectivity index is 1.73. The van der Waals surface area contributed by atoms with Crippen LogP contribution in [0.1, 0.15) is 19.0 Å². The summed E-state index contributed by atoms with van der Waals surface area (Å²) in [5.41, 5.74) is 2.24. The molecule has 1 aliphatic heterocycles. The highest BCUT2D eigenvalue weighted by Gasteiger charge is 2.32. The normalized spacial score (nSPS) is 20.3. The molecule has 1 aliphatic rings. The Kier molecular flexibility index (Phi) is 4.74. The number of carbonyl (C=O) groups excluding carboxylic acids is 1. The number of nitrogens with one attached hydrogen (secondary N) is 1. The van der Waals surface area contributed by atoms with Gasteiger partial charge in [-0.1, -0.05) is 25.1 Å². The number of anilines is 1. The lowest BCUT2D eigenvalue weighted by molar-refractivity contribution is -0.143. The van der Waals surface area contributed by atoms with E-state index in [0.717, 1.165) is 5.69 Å². The summed E-state index contributed by atoms with van der Waals surface area (Å²) in [5.74, 6) is -1.20. The maximum absolute atomic E-state index is 12.6. The summed E-state index contributed by atoms with van der Waals surface area (Å²) in [6.07, 6.45) is 2.37. The minimum atomic E-state index is -0.850. The molecule has 1 fully saturated rings. The van der Waals surface area contributed by atoms with Crippen LogP contribution in [-0.2, 0) is 4.79 Å². The molecule has 7 heteroatoms. The lowest BCUT2D eigenvalue weighted by Gasteiger charge is -2.34. The van der Waals surface area contributed by atoms with Gasteiger partial charge in [-0.25, -0.2) is 9.48 Å². The van der Waals surface area contributed by atoms with Crippen LogP contribution >= 0.6 is 0 Å². The number of likely N-dealkylation sites (tertiary alicyclic amines) is 1. The first kappa shape index (κ1) is 17.0. The van der Waals surface area contributed by atoms with E-state index < -0.39 is 11.9 Å². The second kappa shape index (κ2) is 6.96. The zero-order chi connectivity index (χ0) is 18.0. The first-order valence-corrected chi connectivity index (χ1v) is 8.34. The van der Waals surface area contributed by atoms with E-state index in [1.807, 2.05) is 44.2 Å². The van der Waals surface area contributed by atoms with Gasteiger partial charge < -0.3 is 15.3 Å². The molecule has 132 valence electrons. The largest absolute Gasteiger partial charge is 0.481 e. The minimum Gasteiger partial charge on any atom is -0.481 e. The number of benzene rings is 1. The summed E-state index contributed by atoms with van der Waals surface area (Å²) in [6.45, 7) is 4.58. The van der Waals surface area contributed by atoms with Gasteiger partial charge >= 0.3 is 12.0 Å². The van der Waals surface area contributed by atoms with Gasteiger partial charge in [0.05, 0.1) is 29.2 Å². The van der Waals surface area contributed by atoms with Gasteiger partial charge in [-0.2, -0.15) is 5.10 Å². The van der Waals surface area contributed by atoms with Crippen LogP contribution in [0.3, 0.4) is 0 Å². The topological polar surface area (TPSA) is 87.5 Å². The number of carbonyl (C=O) groups is 2. The van der Waals surface area contributed by atoms with Crippen molar-refractivity contribution in [2.75, 3.05) is 18.4 Å². The van der Waals surface area contributed by atoms with Gasteiger partial charge in [0.1, 0.15) is 0 Å². The van der Waals surface area contributed by atoms with E-state index in [2.05, 4.69) is 10.4 Å². The number of para-hydroxylation sites is 1. The third-order valence-electron chi connectivity index (χ3n) is 4.46. The second-order valence-corrected chi connectivity index (χ2v) is 6.62. The fourth-order valence-corrected chi connectivity index (χ4v) is 3.19. The maximum Gasteiger partial charge on any atom is 0.321 e. The number of piperidine rings is 1. The zero-order valence-corrected chi connectivity index (χ0v) is 14.3. The quantitative estimate of drug-likeness (QED) is 0.898. The van der Waals surface area contributed by atoms with Gasteiger partial charge in [-0.05, 0) is 31.4 Å². The van der Waals surface area contributed by atoms with E-state index in [4.69, 9.17) is 0 Å². The summed E-state index contributed by atoms with van der Waals surface area (Å²) in [6, 6.07) is 9.36. The number of hydrogen-bond donors (Lipinski definition) is 2. The molecule has 1 aromatic carbocycles. The summed E-state index contributed by atoms with van der Waals surface area (Å²) < 4.78 is 1.71. The van der Waals surface area contributed by atoms with Crippen molar-refractivity contribution in [3.8, 4) is 5.69 Å². The van der Waals surface area contributed by atoms with Crippen molar-refractivity contribution in [3.63, 3.8) is 0 Å². The Bertz CT molecular complexity index is 772. The summed E-state index contributed by atoms with van der Waals surface area (Å²) in [7, 11) is 0. The first-order chi connectivity index (χ1) is 11.9. The molecular formula is C18H22N4O3. The number of hydrogen-bond acceptors (Lipinski definition) is 3. The Morgan fingerprint density at radius 2 is 1.96 bits per heavy atom. The number of aryl methyl sites for hydroxylation is 1. The summed E-state index contributed by atoms with van der Waals surface area (Å²) >= 11 is 0. The van der Waals surface area contributed by atoms with Crippen LogP contribution in [0.15, 0.2) is 36.5 Å².